The molecule has 0 saturated carbocycles. The van der Waals surface area contributed by atoms with E-state index in [1.807, 2.05) is 0 Å². The highest BCUT2D eigenvalue weighted by Crippen LogP contribution is 2.22. The third-order valence-electron chi connectivity index (χ3n) is 2.82. The number of unbranched alkanes of at least 4 members (excludes halogenated alkanes) is 3. The lowest BCUT2D eigenvalue weighted by Gasteiger charge is -2.25. The first kappa shape index (κ1) is 14.9. The molecule has 0 atom stereocenters. The van der Waals surface area contributed by atoms with E-state index in [0.717, 1.165) is 25.9 Å². The highest BCUT2D eigenvalue weighted by atomic mass is 16.2. The Bertz CT molecular complexity index is 134. The molecule has 0 fully saturated rings. The summed E-state index contributed by atoms with van der Waals surface area (Å²) in [5.41, 5.74) is 0.425. The van der Waals surface area contributed by atoms with E-state index in [4.69, 9.17) is 5.11 Å². The number of nitrogens with one attached hydrogen (secondary N) is 1. The van der Waals surface area contributed by atoms with Crippen molar-refractivity contribution in [3.63, 3.8) is 0 Å². The monoisotopic (exact) mass is 215 g/mol. The van der Waals surface area contributed by atoms with Gasteiger partial charge < -0.3 is 10.4 Å². The van der Waals surface area contributed by atoms with Gasteiger partial charge in [-0.3, -0.25) is 0 Å². The van der Waals surface area contributed by atoms with Gasteiger partial charge in [-0.2, -0.15) is 0 Å². The summed E-state index contributed by atoms with van der Waals surface area (Å²) in [7, 11) is 0. The first-order chi connectivity index (χ1) is 7.12. The Balaban J connectivity index is 3.38. The second kappa shape index (κ2) is 9.17. The third-order valence-corrected chi connectivity index (χ3v) is 2.82. The van der Waals surface area contributed by atoms with Crippen LogP contribution in [0.3, 0.4) is 0 Å². The first-order valence-corrected chi connectivity index (χ1v) is 6.44. The predicted molar refractivity (Wildman–Crippen MR) is 67.1 cm³/mol. The second-order valence-corrected chi connectivity index (χ2v) is 5.23. The Morgan fingerprint density at radius 2 is 1.80 bits per heavy atom. The first-order valence-electron chi connectivity index (χ1n) is 6.44. The van der Waals surface area contributed by atoms with Crippen LogP contribution in [0, 0.1) is 5.41 Å². The van der Waals surface area contributed by atoms with Crippen LogP contribution in [0.5, 0.6) is 0 Å². The van der Waals surface area contributed by atoms with Crippen molar-refractivity contribution >= 4 is 0 Å². The zero-order chi connectivity index (χ0) is 11.6. The minimum absolute atomic E-state index is 0.321. The standard InChI is InChI=1S/C13H29NO/c1-4-5-6-9-13(2,3)12-14-10-7-8-11-15/h14-15H,4-12H2,1-3H3. The van der Waals surface area contributed by atoms with E-state index in [2.05, 4.69) is 26.1 Å². The van der Waals surface area contributed by atoms with Crippen molar-refractivity contribution in [3.05, 3.63) is 0 Å². The van der Waals surface area contributed by atoms with Crippen molar-refractivity contribution in [1.82, 2.24) is 5.32 Å². The van der Waals surface area contributed by atoms with Crippen LogP contribution < -0.4 is 5.32 Å². The van der Waals surface area contributed by atoms with E-state index in [1.165, 1.54) is 25.7 Å². The quantitative estimate of drug-likeness (QED) is 0.549. The van der Waals surface area contributed by atoms with Crippen LogP contribution in [-0.2, 0) is 0 Å². The van der Waals surface area contributed by atoms with Crippen LogP contribution >= 0.6 is 0 Å². The summed E-state index contributed by atoms with van der Waals surface area (Å²) in [5, 5.41) is 12.1. The molecule has 15 heavy (non-hydrogen) atoms. The molecule has 0 spiro atoms. The molecule has 92 valence electrons. The summed E-state index contributed by atoms with van der Waals surface area (Å²) in [6, 6.07) is 0. The van der Waals surface area contributed by atoms with Gasteiger partial charge in [0.1, 0.15) is 0 Å². The van der Waals surface area contributed by atoms with Gasteiger partial charge in [0.2, 0.25) is 0 Å². The van der Waals surface area contributed by atoms with Gasteiger partial charge >= 0.3 is 0 Å². The minimum Gasteiger partial charge on any atom is -0.396 e. The van der Waals surface area contributed by atoms with Gasteiger partial charge in [-0.1, -0.05) is 40.0 Å². The van der Waals surface area contributed by atoms with Crippen LogP contribution in [-0.4, -0.2) is 24.8 Å². The summed E-state index contributed by atoms with van der Waals surface area (Å²) in [4.78, 5) is 0. The molecule has 0 saturated heterocycles. The van der Waals surface area contributed by atoms with Crippen molar-refractivity contribution in [2.45, 2.75) is 59.3 Å². The molecule has 0 aliphatic rings. The lowest BCUT2D eigenvalue weighted by molar-refractivity contribution is 0.276. The molecule has 2 N–H and O–H groups in total. The molecule has 0 radical (unpaired) electrons. The van der Waals surface area contributed by atoms with E-state index in [-0.39, 0.29) is 0 Å². The van der Waals surface area contributed by atoms with Gasteiger partial charge in [0.25, 0.3) is 0 Å². The number of hydrogen-bond donors (Lipinski definition) is 2. The maximum atomic E-state index is 8.64. The van der Waals surface area contributed by atoms with Crippen LogP contribution in [0.15, 0.2) is 0 Å². The molecule has 0 aliphatic carbocycles. The molecule has 0 aromatic rings. The molecule has 0 aromatic heterocycles. The Hall–Kier alpha value is -0.0800. The van der Waals surface area contributed by atoms with Crippen molar-refractivity contribution in [3.8, 4) is 0 Å². The second-order valence-electron chi connectivity index (χ2n) is 5.23. The SMILES string of the molecule is CCCCCC(C)(C)CNCCCCO. The average Bonchev–Trinajstić information content (AvgIpc) is 2.17. The van der Waals surface area contributed by atoms with Crippen LogP contribution in [0.1, 0.15) is 59.3 Å². The van der Waals surface area contributed by atoms with E-state index in [0.29, 0.717) is 12.0 Å². The molecular weight excluding hydrogens is 186 g/mol. The Morgan fingerprint density at radius 1 is 1.07 bits per heavy atom. The van der Waals surface area contributed by atoms with Crippen molar-refractivity contribution in [2.24, 2.45) is 5.41 Å². The highest BCUT2D eigenvalue weighted by Gasteiger charge is 2.15. The van der Waals surface area contributed by atoms with Crippen molar-refractivity contribution in [2.75, 3.05) is 19.7 Å². The number of aliphatic hydroxyl groups is 1. The maximum Gasteiger partial charge on any atom is 0.0431 e. The fourth-order valence-electron chi connectivity index (χ4n) is 1.73. The smallest absolute Gasteiger partial charge is 0.0431 e. The minimum atomic E-state index is 0.321. The number of rotatable bonds is 10. The molecule has 0 heterocycles. The Kier molecular flexibility index (Phi) is 9.12. The lowest BCUT2D eigenvalue weighted by atomic mass is 9.87. The van der Waals surface area contributed by atoms with Gasteiger partial charge in [0, 0.05) is 13.2 Å². The highest BCUT2D eigenvalue weighted by molar-refractivity contribution is 4.71. The summed E-state index contributed by atoms with van der Waals surface area (Å²) in [6.45, 7) is 9.38. The molecule has 0 aliphatic heterocycles. The van der Waals surface area contributed by atoms with Crippen molar-refractivity contribution in [1.29, 1.82) is 0 Å². The molecule has 2 nitrogen and oxygen atoms in total. The molecular formula is C13H29NO. The van der Waals surface area contributed by atoms with Crippen LogP contribution in [0.2, 0.25) is 0 Å². The zero-order valence-corrected chi connectivity index (χ0v) is 10.8. The summed E-state index contributed by atoms with van der Waals surface area (Å²) < 4.78 is 0. The summed E-state index contributed by atoms with van der Waals surface area (Å²) in [6.07, 6.45) is 7.33. The fourth-order valence-corrected chi connectivity index (χ4v) is 1.73. The summed E-state index contributed by atoms with van der Waals surface area (Å²) >= 11 is 0. The van der Waals surface area contributed by atoms with E-state index in [1.54, 1.807) is 0 Å². The van der Waals surface area contributed by atoms with Gasteiger partial charge in [0.05, 0.1) is 0 Å². The lowest BCUT2D eigenvalue weighted by Crippen LogP contribution is -2.30. The number of hydrogen-bond acceptors (Lipinski definition) is 2. The van der Waals surface area contributed by atoms with E-state index in [9.17, 15) is 0 Å². The Morgan fingerprint density at radius 3 is 2.40 bits per heavy atom. The van der Waals surface area contributed by atoms with E-state index >= 15 is 0 Å². The largest absolute Gasteiger partial charge is 0.396 e. The van der Waals surface area contributed by atoms with Gasteiger partial charge in [-0.05, 0) is 31.2 Å². The summed E-state index contributed by atoms with van der Waals surface area (Å²) in [5.74, 6) is 0. The third kappa shape index (κ3) is 10.2. The molecule has 0 unspecified atom stereocenters. The van der Waals surface area contributed by atoms with Crippen LogP contribution in [0.25, 0.3) is 0 Å². The number of aliphatic hydroxyl groups excluding tert-OH is 1. The Labute approximate surface area is 95.5 Å². The fraction of sp³-hybridized carbons (Fsp3) is 1.00. The molecule has 0 rings (SSSR count). The predicted octanol–water partition coefficient (Wildman–Crippen LogP) is 2.96. The zero-order valence-electron chi connectivity index (χ0n) is 10.8. The average molecular weight is 215 g/mol. The maximum absolute atomic E-state index is 8.64. The molecule has 0 aromatic carbocycles. The molecule has 0 amide bonds. The molecule has 0 bridgehead atoms. The molecule has 2 heteroatoms. The van der Waals surface area contributed by atoms with E-state index < -0.39 is 0 Å². The van der Waals surface area contributed by atoms with Gasteiger partial charge in [-0.25, -0.2) is 0 Å². The van der Waals surface area contributed by atoms with Gasteiger partial charge in [-0.15, -0.1) is 0 Å². The normalized spacial score (nSPS) is 12.0. The van der Waals surface area contributed by atoms with Gasteiger partial charge in [0.15, 0.2) is 0 Å². The topological polar surface area (TPSA) is 32.3 Å². The van der Waals surface area contributed by atoms with Crippen molar-refractivity contribution < 1.29 is 5.11 Å². The van der Waals surface area contributed by atoms with Crippen LogP contribution in [0.4, 0.5) is 0 Å².